The number of pyridine rings is 1. The number of nitrogens with one attached hydrogen (secondary N) is 1. The maximum Gasteiger partial charge on any atom is 0.406 e. The first-order valence-corrected chi connectivity index (χ1v) is 11.6. The minimum absolute atomic E-state index is 0.0822. The molecule has 3 aromatic heterocycles. The lowest BCUT2D eigenvalue weighted by Crippen LogP contribution is -2.39. The van der Waals surface area contributed by atoms with Crippen molar-refractivity contribution >= 4 is 17.4 Å². The lowest BCUT2D eigenvalue weighted by Gasteiger charge is -2.26. The van der Waals surface area contributed by atoms with E-state index in [0.717, 1.165) is 5.56 Å². The van der Waals surface area contributed by atoms with E-state index in [-0.39, 0.29) is 24.7 Å². The highest BCUT2D eigenvalue weighted by atomic mass is 19.4. The molecule has 0 unspecified atom stereocenters. The molecule has 5 heterocycles. The minimum atomic E-state index is -4.60. The Kier molecular flexibility index (Phi) is 5.28. The zero-order chi connectivity index (χ0) is 25.9. The molecule has 0 aliphatic carbocycles. The summed E-state index contributed by atoms with van der Waals surface area (Å²) < 4.78 is 61.8. The molecule has 0 spiro atoms. The summed E-state index contributed by atoms with van der Waals surface area (Å²) in [6.45, 7) is 0.515. The Hall–Kier alpha value is -4.22. The van der Waals surface area contributed by atoms with Gasteiger partial charge in [0.05, 0.1) is 24.4 Å². The van der Waals surface area contributed by atoms with Crippen LogP contribution in [0.4, 0.5) is 23.5 Å². The second-order valence-electron chi connectivity index (χ2n) is 8.99. The smallest absolute Gasteiger partial charge is 0.406 e. The van der Waals surface area contributed by atoms with Crippen LogP contribution in [0.15, 0.2) is 36.8 Å². The SMILES string of the molecule is Cc1ccc2c(n1)CN(CC(F)(F)F)C(=O)c1ncn3c(NCc4c(F)ccc5c4CCO5)ncc-2c13. The van der Waals surface area contributed by atoms with Crippen molar-refractivity contribution in [1.82, 2.24) is 24.3 Å². The molecule has 1 aromatic carbocycles. The van der Waals surface area contributed by atoms with E-state index >= 15 is 0 Å². The summed E-state index contributed by atoms with van der Waals surface area (Å²) in [4.78, 5) is 27.1. The Morgan fingerprint density at radius 1 is 1.14 bits per heavy atom. The topological polar surface area (TPSA) is 84.7 Å². The third-order valence-electron chi connectivity index (χ3n) is 6.53. The maximum atomic E-state index is 14.6. The van der Waals surface area contributed by atoms with Gasteiger partial charge in [0.1, 0.15) is 24.4 Å². The number of nitrogens with zero attached hydrogens (tertiary/aromatic N) is 5. The number of aromatic nitrogens is 4. The van der Waals surface area contributed by atoms with Gasteiger partial charge in [0.25, 0.3) is 5.91 Å². The van der Waals surface area contributed by atoms with Crippen LogP contribution in [0.3, 0.4) is 0 Å². The fraction of sp³-hybridized carbons (Fsp3) is 0.280. The predicted octanol–water partition coefficient (Wildman–Crippen LogP) is 4.30. The molecule has 1 amide bonds. The van der Waals surface area contributed by atoms with E-state index in [9.17, 15) is 22.4 Å². The molecule has 0 saturated heterocycles. The summed E-state index contributed by atoms with van der Waals surface area (Å²) in [5.74, 6) is -0.366. The van der Waals surface area contributed by atoms with Crippen molar-refractivity contribution in [3.63, 3.8) is 0 Å². The summed E-state index contributed by atoms with van der Waals surface area (Å²) in [7, 11) is 0. The number of benzene rings is 1. The molecule has 37 heavy (non-hydrogen) atoms. The van der Waals surface area contributed by atoms with Crippen molar-refractivity contribution in [3.05, 3.63) is 70.8 Å². The monoisotopic (exact) mass is 512 g/mol. The number of halogens is 4. The Morgan fingerprint density at radius 3 is 2.78 bits per heavy atom. The molecule has 4 aromatic rings. The molecule has 0 bridgehead atoms. The Morgan fingerprint density at radius 2 is 1.97 bits per heavy atom. The summed E-state index contributed by atoms with van der Waals surface area (Å²) >= 11 is 0. The number of hydrogen-bond donors (Lipinski definition) is 1. The molecule has 12 heteroatoms. The largest absolute Gasteiger partial charge is 0.493 e. The lowest BCUT2D eigenvalue weighted by molar-refractivity contribution is -0.141. The Balaban J connectivity index is 1.46. The minimum Gasteiger partial charge on any atom is -0.493 e. The molecular formula is C25H20F4N6O2. The van der Waals surface area contributed by atoms with Crippen molar-refractivity contribution in [2.75, 3.05) is 18.5 Å². The second-order valence-corrected chi connectivity index (χ2v) is 8.99. The third kappa shape index (κ3) is 4.02. The van der Waals surface area contributed by atoms with Crippen molar-refractivity contribution in [2.24, 2.45) is 0 Å². The van der Waals surface area contributed by atoms with Crippen molar-refractivity contribution < 1.29 is 27.1 Å². The second kappa shape index (κ2) is 8.43. The summed E-state index contributed by atoms with van der Waals surface area (Å²) in [5.41, 5.74) is 3.38. The standard InChI is InChI=1S/C25H20F4N6O2/c1-13-2-3-14-17-9-31-24(30-8-16-15-6-7-37-20(15)5-4-18(16)26)35-12-32-21(22(17)35)23(36)34(10-19(14)33-13)11-25(27,28)29/h2-5,9,12H,6-8,10-11H2,1H3,(H,30,31). The number of carbonyl (C=O) groups excluding carboxylic acids is 1. The zero-order valence-electron chi connectivity index (χ0n) is 19.6. The summed E-state index contributed by atoms with van der Waals surface area (Å²) in [6, 6.07) is 6.44. The molecule has 2 aliphatic rings. The average Bonchev–Trinajstić information content (AvgIpc) is 3.49. The summed E-state index contributed by atoms with van der Waals surface area (Å²) in [6.07, 6.45) is -1.17. The van der Waals surface area contributed by atoms with Crippen LogP contribution in [0.25, 0.3) is 16.6 Å². The van der Waals surface area contributed by atoms with Crippen molar-refractivity contribution in [1.29, 1.82) is 0 Å². The van der Waals surface area contributed by atoms with Gasteiger partial charge in [-0.1, -0.05) is 6.07 Å². The number of ether oxygens (including phenoxy) is 1. The molecule has 0 atom stereocenters. The highest BCUT2D eigenvalue weighted by Crippen LogP contribution is 2.35. The van der Waals surface area contributed by atoms with Gasteiger partial charge in [-0.05, 0) is 25.1 Å². The molecule has 190 valence electrons. The number of carbonyl (C=O) groups is 1. The quantitative estimate of drug-likeness (QED) is 0.411. The molecular weight excluding hydrogens is 492 g/mol. The summed E-state index contributed by atoms with van der Waals surface area (Å²) in [5, 5.41) is 3.09. The first-order valence-electron chi connectivity index (χ1n) is 11.6. The van der Waals surface area contributed by atoms with Gasteiger partial charge in [-0.15, -0.1) is 0 Å². The number of alkyl halides is 3. The van der Waals surface area contributed by atoms with Crippen LogP contribution < -0.4 is 10.1 Å². The van der Waals surface area contributed by atoms with E-state index in [1.165, 1.54) is 23.0 Å². The van der Waals surface area contributed by atoms with Gasteiger partial charge in [-0.2, -0.15) is 13.2 Å². The normalized spacial score (nSPS) is 14.7. The number of aryl methyl sites for hydroxylation is 1. The molecule has 2 aliphatic heterocycles. The number of rotatable bonds is 4. The van der Waals surface area contributed by atoms with Gasteiger partial charge >= 0.3 is 6.18 Å². The molecule has 6 rings (SSSR count). The zero-order valence-corrected chi connectivity index (χ0v) is 19.6. The van der Waals surface area contributed by atoms with E-state index in [4.69, 9.17) is 4.74 Å². The number of imidazole rings is 1. The van der Waals surface area contributed by atoms with Crippen LogP contribution in [0.2, 0.25) is 0 Å². The Labute approximate surface area is 207 Å². The molecule has 0 fully saturated rings. The molecule has 0 saturated carbocycles. The van der Waals surface area contributed by atoms with Gasteiger partial charge < -0.3 is 15.0 Å². The lowest BCUT2D eigenvalue weighted by atomic mass is 10.0. The van der Waals surface area contributed by atoms with Gasteiger partial charge in [0.2, 0.25) is 5.95 Å². The fourth-order valence-electron chi connectivity index (χ4n) is 4.90. The van der Waals surface area contributed by atoms with Gasteiger partial charge in [-0.25, -0.2) is 14.4 Å². The Bertz CT molecular complexity index is 1570. The van der Waals surface area contributed by atoms with Crippen molar-refractivity contribution in [3.8, 4) is 16.9 Å². The van der Waals surface area contributed by atoms with Crippen LogP contribution in [0.1, 0.15) is 33.0 Å². The third-order valence-corrected chi connectivity index (χ3v) is 6.53. The van der Waals surface area contributed by atoms with Crippen LogP contribution in [-0.4, -0.2) is 49.5 Å². The van der Waals surface area contributed by atoms with Gasteiger partial charge in [-0.3, -0.25) is 14.2 Å². The van der Waals surface area contributed by atoms with Gasteiger partial charge in [0, 0.05) is 47.1 Å². The van der Waals surface area contributed by atoms with E-state index in [1.54, 1.807) is 25.1 Å². The predicted molar refractivity (Wildman–Crippen MR) is 125 cm³/mol. The van der Waals surface area contributed by atoms with Crippen LogP contribution >= 0.6 is 0 Å². The first-order chi connectivity index (χ1) is 17.7. The van der Waals surface area contributed by atoms with E-state index in [1.807, 2.05) is 0 Å². The number of anilines is 1. The maximum absolute atomic E-state index is 14.6. The fourth-order valence-corrected chi connectivity index (χ4v) is 4.90. The van der Waals surface area contributed by atoms with E-state index < -0.39 is 24.4 Å². The number of fused-ring (bicyclic) bond motifs is 3. The molecule has 1 N–H and O–H groups in total. The average molecular weight is 512 g/mol. The van der Waals surface area contributed by atoms with E-state index in [2.05, 4.69) is 20.3 Å². The molecule has 0 radical (unpaired) electrons. The molecule has 8 nitrogen and oxygen atoms in total. The van der Waals surface area contributed by atoms with Crippen molar-refractivity contribution in [2.45, 2.75) is 32.6 Å². The van der Waals surface area contributed by atoms with Crippen LogP contribution in [-0.2, 0) is 19.5 Å². The highest BCUT2D eigenvalue weighted by molar-refractivity contribution is 6.04. The van der Waals surface area contributed by atoms with E-state index in [0.29, 0.717) is 57.3 Å². The first kappa shape index (κ1) is 23.2. The van der Waals surface area contributed by atoms with Crippen LogP contribution in [0, 0.1) is 12.7 Å². The van der Waals surface area contributed by atoms with Crippen LogP contribution in [0.5, 0.6) is 5.75 Å². The number of amides is 1. The number of hydrogen-bond acceptors (Lipinski definition) is 6. The van der Waals surface area contributed by atoms with Gasteiger partial charge in [0.15, 0.2) is 5.69 Å². The highest BCUT2D eigenvalue weighted by Gasteiger charge is 2.37.